The number of hydrogen-bond donors (Lipinski definition) is 3. The number of nitrogens with two attached hydrogens (primary N) is 2. The molecule has 1 aromatic carbocycles. The number of carbonyl (C=O) groups excluding carboxylic acids is 2. The molecule has 0 unspecified atom stereocenters. The van der Waals surface area contributed by atoms with Crippen molar-refractivity contribution in [2.24, 2.45) is 0 Å². The van der Waals surface area contributed by atoms with Crippen LogP contribution in [-0.2, 0) is 16.1 Å². The number of nitrogens with one attached hydrogen (secondary N) is 1. The fourth-order valence-corrected chi connectivity index (χ4v) is 2.54. The molecule has 1 atom stereocenters. The first-order valence-electron chi connectivity index (χ1n) is 7.77. The number of hydrogen-bond acceptors (Lipinski definition) is 9. The van der Waals surface area contributed by atoms with Crippen LogP contribution in [0.5, 0.6) is 0 Å². The molecule has 2 rings (SSSR count). The first-order valence-corrected chi connectivity index (χ1v) is 9.16. The third kappa shape index (κ3) is 5.88. The van der Waals surface area contributed by atoms with E-state index in [1.165, 1.54) is 0 Å². The Bertz CT molecular complexity index is 739. The van der Waals surface area contributed by atoms with Crippen LogP contribution < -0.4 is 16.8 Å². The predicted molar refractivity (Wildman–Crippen MR) is 99.1 cm³/mol. The van der Waals surface area contributed by atoms with E-state index in [0.29, 0.717) is 17.7 Å². The highest BCUT2D eigenvalue weighted by Gasteiger charge is 2.23. The quantitative estimate of drug-likeness (QED) is 0.564. The molecule has 0 fully saturated rings. The van der Waals surface area contributed by atoms with Crippen LogP contribution in [0.15, 0.2) is 30.3 Å². The number of esters is 1. The summed E-state index contributed by atoms with van der Waals surface area (Å²) in [6, 6.07) is 7.86. The summed E-state index contributed by atoms with van der Waals surface area (Å²) in [6.07, 6.45) is 2.35. The molecule has 26 heavy (non-hydrogen) atoms. The second kappa shape index (κ2) is 9.56. The standard InChI is InChI=1S/C16H20N6O3S/c1-26-8-7-11(19-13(23)10-5-3-2-4-6-10)14(24)25-9-12-20-15(17)22-16(18)21-12/h2-6,11H,7-9H2,1H3,(H,19,23)(H4,17,18,20,21,22)/t11-/m1/s1. The highest BCUT2D eigenvalue weighted by atomic mass is 32.2. The maximum Gasteiger partial charge on any atom is 0.329 e. The van der Waals surface area contributed by atoms with Gasteiger partial charge in [0.05, 0.1) is 0 Å². The number of anilines is 2. The van der Waals surface area contributed by atoms with Crippen molar-refractivity contribution in [3.05, 3.63) is 41.7 Å². The molecule has 2 aromatic rings. The van der Waals surface area contributed by atoms with Gasteiger partial charge in [-0.3, -0.25) is 4.79 Å². The fraction of sp³-hybridized carbons (Fsp3) is 0.312. The Morgan fingerprint density at radius 2 is 1.81 bits per heavy atom. The zero-order valence-electron chi connectivity index (χ0n) is 14.2. The molecule has 0 saturated carbocycles. The normalized spacial score (nSPS) is 11.6. The third-order valence-corrected chi connectivity index (χ3v) is 3.94. The summed E-state index contributed by atoms with van der Waals surface area (Å²) in [5.41, 5.74) is 11.4. The monoisotopic (exact) mass is 376 g/mol. The van der Waals surface area contributed by atoms with Crippen LogP contribution in [0.25, 0.3) is 0 Å². The van der Waals surface area contributed by atoms with Crippen molar-refractivity contribution in [1.29, 1.82) is 0 Å². The van der Waals surface area contributed by atoms with Crippen LogP contribution >= 0.6 is 11.8 Å². The van der Waals surface area contributed by atoms with Gasteiger partial charge in [-0.25, -0.2) is 4.79 Å². The SMILES string of the molecule is CSCC[C@@H](NC(=O)c1ccccc1)C(=O)OCc1nc(N)nc(N)n1. The van der Waals surface area contributed by atoms with E-state index < -0.39 is 12.0 Å². The fourth-order valence-electron chi connectivity index (χ4n) is 2.07. The lowest BCUT2D eigenvalue weighted by Crippen LogP contribution is -2.42. The Morgan fingerprint density at radius 1 is 1.15 bits per heavy atom. The maximum atomic E-state index is 12.4. The van der Waals surface area contributed by atoms with E-state index in [1.807, 2.05) is 12.3 Å². The van der Waals surface area contributed by atoms with Gasteiger partial charge in [-0.15, -0.1) is 0 Å². The van der Waals surface area contributed by atoms with Crippen molar-refractivity contribution in [1.82, 2.24) is 20.3 Å². The third-order valence-electron chi connectivity index (χ3n) is 3.30. The summed E-state index contributed by atoms with van der Waals surface area (Å²) in [7, 11) is 0. The second-order valence-electron chi connectivity index (χ2n) is 5.25. The molecule has 0 bridgehead atoms. The van der Waals surface area contributed by atoms with E-state index in [4.69, 9.17) is 16.2 Å². The van der Waals surface area contributed by atoms with Crippen molar-refractivity contribution in [3.63, 3.8) is 0 Å². The molecule has 0 saturated heterocycles. The van der Waals surface area contributed by atoms with Gasteiger partial charge in [-0.1, -0.05) is 18.2 Å². The van der Waals surface area contributed by atoms with Crippen molar-refractivity contribution in [2.75, 3.05) is 23.5 Å². The second-order valence-corrected chi connectivity index (χ2v) is 6.23. The minimum Gasteiger partial charge on any atom is -0.456 e. The lowest BCUT2D eigenvalue weighted by Gasteiger charge is -2.17. The van der Waals surface area contributed by atoms with E-state index in [0.717, 1.165) is 0 Å². The van der Waals surface area contributed by atoms with Crippen LogP contribution in [0.2, 0.25) is 0 Å². The number of amides is 1. The van der Waals surface area contributed by atoms with Crippen LogP contribution in [0.4, 0.5) is 11.9 Å². The van der Waals surface area contributed by atoms with Gasteiger partial charge in [0, 0.05) is 5.56 Å². The van der Waals surface area contributed by atoms with Gasteiger partial charge in [0.25, 0.3) is 5.91 Å². The molecule has 0 radical (unpaired) electrons. The molecular formula is C16H20N6O3S. The number of benzene rings is 1. The minimum absolute atomic E-state index is 0.0557. The molecule has 9 nitrogen and oxygen atoms in total. The van der Waals surface area contributed by atoms with Crippen molar-refractivity contribution in [2.45, 2.75) is 19.1 Å². The highest BCUT2D eigenvalue weighted by molar-refractivity contribution is 7.98. The van der Waals surface area contributed by atoms with Gasteiger partial charge in [0.15, 0.2) is 12.4 Å². The molecule has 138 valence electrons. The van der Waals surface area contributed by atoms with Gasteiger partial charge < -0.3 is 21.5 Å². The van der Waals surface area contributed by atoms with Gasteiger partial charge >= 0.3 is 5.97 Å². The minimum atomic E-state index is -0.785. The highest BCUT2D eigenvalue weighted by Crippen LogP contribution is 2.07. The van der Waals surface area contributed by atoms with Gasteiger partial charge in [0.2, 0.25) is 11.9 Å². The van der Waals surface area contributed by atoms with Crippen LogP contribution in [-0.4, -0.2) is 44.9 Å². The molecule has 0 aliphatic rings. The molecule has 1 aromatic heterocycles. The lowest BCUT2D eigenvalue weighted by atomic mass is 10.1. The molecule has 0 aliphatic heterocycles. The molecule has 1 amide bonds. The number of carbonyl (C=O) groups is 2. The topological polar surface area (TPSA) is 146 Å². The van der Waals surface area contributed by atoms with Crippen molar-refractivity contribution in [3.8, 4) is 0 Å². The Kier molecular flexibility index (Phi) is 7.15. The van der Waals surface area contributed by atoms with Crippen molar-refractivity contribution >= 4 is 35.5 Å². The number of rotatable bonds is 8. The zero-order valence-corrected chi connectivity index (χ0v) is 15.0. The van der Waals surface area contributed by atoms with E-state index in [2.05, 4.69) is 20.3 Å². The summed E-state index contributed by atoms with van der Waals surface area (Å²) in [5, 5.41) is 2.70. The zero-order chi connectivity index (χ0) is 18.9. The smallest absolute Gasteiger partial charge is 0.329 e. The summed E-state index contributed by atoms with van der Waals surface area (Å²) in [4.78, 5) is 36.0. The summed E-state index contributed by atoms with van der Waals surface area (Å²) >= 11 is 1.56. The van der Waals surface area contributed by atoms with Gasteiger partial charge in [-0.05, 0) is 30.6 Å². The van der Waals surface area contributed by atoms with Gasteiger partial charge in [-0.2, -0.15) is 26.7 Å². The maximum absolute atomic E-state index is 12.4. The molecule has 1 heterocycles. The number of thioether (sulfide) groups is 1. The molecule has 0 aliphatic carbocycles. The lowest BCUT2D eigenvalue weighted by molar-refractivity contribution is -0.147. The molecule has 5 N–H and O–H groups in total. The van der Waals surface area contributed by atoms with Crippen LogP contribution in [0, 0.1) is 0 Å². The summed E-state index contributed by atoms with van der Waals surface area (Å²) < 4.78 is 5.21. The Labute approximate surface area is 154 Å². The molecule has 10 heteroatoms. The largest absolute Gasteiger partial charge is 0.456 e. The Morgan fingerprint density at radius 3 is 2.42 bits per heavy atom. The summed E-state index contributed by atoms with van der Waals surface area (Å²) in [6.45, 7) is -0.216. The first-order chi connectivity index (χ1) is 12.5. The average molecular weight is 376 g/mol. The van der Waals surface area contributed by atoms with Crippen molar-refractivity contribution < 1.29 is 14.3 Å². The summed E-state index contributed by atoms with van der Waals surface area (Å²) in [5.74, 6) is -0.218. The Balaban J connectivity index is 2.00. The van der Waals surface area contributed by atoms with Crippen LogP contribution in [0.1, 0.15) is 22.6 Å². The Hall–Kier alpha value is -2.88. The number of ether oxygens (including phenoxy) is 1. The van der Waals surface area contributed by atoms with Crippen LogP contribution in [0.3, 0.4) is 0 Å². The average Bonchev–Trinajstić information content (AvgIpc) is 2.63. The first kappa shape index (κ1) is 19.4. The number of nitrogen functional groups attached to an aromatic ring is 2. The predicted octanol–water partition coefficient (Wildman–Crippen LogP) is 0.631. The van der Waals surface area contributed by atoms with Gasteiger partial charge in [0.1, 0.15) is 6.04 Å². The van der Waals surface area contributed by atoms with E-state index >= 15 is 0 Å². The van der Waals surface area contributed by atoms with E-state index in [9.17, 15) is 9.59 Å². The van der Waals surface area contributed by atoms with E-state index in [1.54, 1.807) is 36.0 Å². The molecule has 0 spiro atoms. The number of nitrogens with zero attached hydrogens (tertiary/aromatic N) is 3. The number of aromatic nitrogens is 3. The van der Waals surface area contributed by atoms with E-state index in [-0.39, 0.29) is 30.2 Å². The molecular weight excluding hydrogens is 356 g/mol.